The summed E-state index contributed by atoms with van der Waals surface area (Å²) >= 11 is 3.28. The molecule has 0 radical (unpaired) electrons. The minimum absolute atomic E-state index is 0.0226. The van der Waals surface area contributed by atoms with Crippen LogP contribution in [0.15, 0.2) is 22.7 Å². The average Bonchev–Trinajstić information content (AvgIpc) is 2.36. The fraction of sp³-hybridized carbons (Fsp3) is 0.438. The molecule has 106 valence electrons. The van der Waals surface area contributed by atoms with Crippen molar-refractivity contribution in [3.63, 3.8) is 0 Å². The second-order valence-corrected chi connectivity index (χ2v) is 6.84. The van der Waals surface area contributed by atoms with E-state index in [1.54, 1.807) is 0 Å². The predicted molar refractivity (Wildman–Crippen MR) is 80.1 cm³/mol. The lowest BCUT2D eigenvalue weighted by atomic mass is 9.77. The van der Waals surface area contributed by atoms with Crippen molar-refractivity contribution in [3.05, 3.63) is 39.7 Å². The van der Waals surface area contributed by atoms with Gasteiger partial charge in [0, 0.05) is 22.0 Å². The Bertz CT molecular complexity index is 684. The van der Waals surface area contributed by atoms with Gasteiger partial charge in [0.2, 0.25) is 0 Å². The fourth-order valence-electron chi connectivity index (χ4n) is 2.89. The van der Waals surface area contributed by atoms with Crippen LogP contribution in [0.4, 0.5) is 8.78 Å². The molecule has 1 aliphatic carbocycles. The lowest BCUT2D eigenvalue weighted by Gasteiger charge is -2.34. The highest BCUT2D eigenvalue weighted by Crippen LogP contribution is 2.38. The van der Waals surface area contributed by atoms with Crippen LogP contribution < -0.4 is 0 Å². The molecule has 1 unspecified atom stereocenters. The fourth-order valence-corrected chi connectivity index (χ4v) is 3.33. The van der Waals surface area contributed by atoms with Gasteiger partial charge in [0.05, 0.1) is 0 Å². The zero-order valence-electron chi connectivity index (χ0n) is 11.5. The molecule has 3 rings (SSSR count). The summed E-state index contributed by atoms with van der Waals surface area (Å²) in [7, 11) is 0. The minimum Gasteiger partial charge on any atom is -0.249 e. The Morgan fingerprint density at radius 1 is 1.30 bits per heavy atom. The van der Waals surface area contributed by atoms with Crippen LogP contribution in [-0.2, 0) is 12.8 Å². The summed E-state index contributed by atoms with van der Waals surface area (Å²) < 4.78 is 29.4. The molecule has 1 aromatic carbocycles. The van der Waals surface area contributed by atoms with Gasteiger partial charge in [-0.3, -0.25) is 0 Å². The number of aromatic nitrogens is 1. The van der Waals surface area contributed by atoms with Gasteiger partial charge in [0.1, 0.15) is 11.2 Å². The number of alkyl halides is 1. The van der Waals surface area contributed by atoms with E-state index < -0.39 is 5.67 Å². The minimum atomic E-state index is -1.17. The van der Waals surface area contributed by atoms with E-state index in [2.05, 4.69) is 20.9 Å². The van der Waals surface area contributed by atoms with Crippen molar-refractivity contribution in [1.29, 1.82) is 0 Å². The van der Waals surface area contributed by atoms with E-state index in [9.17, 15) is 8.78 Å². The molecule has 4 heteroatoms. The molecule has 1 aliphatic rings. The van der Waals surface area contributed by atoms with Crippen LogP contribution >= 0.6 is 15.9 Å². The number of nitrogens with zero attached hydrogens (tertiary/aromatic N) is 1. The van der Waals surface area contributed by atoms with E-state index in [1.807, 2.05) is 26.0 Å². The van der Waals surface area contributed by atoms with Gasteiger partial charge in [-0.15, -0.1) is 0 Å². The maximum Gasteiger partial charge on any atom is 0.150 e. The molecule has 1 nitrogen and oxygen atoms in total. The Hall–Kier alpha value is -1.03. The van der Waals surface area contributed by atoms with Crippen LogP contribution in [0.3, 0.4) is 0 Å². The lowest BCUT2D eigenvalue weighted by Crippen LogP contribution is -2.36. The SMILES string of the molecule is CC(C)C1(F)CCc2nc3c(F)cc(Br)cc3cc2C1. The molecule has 20 heavy (non-hydrogen) atoms. The van der Waals surface area contributed by atoms with Gasteiger partial charge in [0.15, 0.2) is 5.82 Å². The van der Waals surface area contributed by atoms with Crippen molar-refractivity contribution in [2.45, 2.75) is 38.8 Å². The Labute approximate surface area is 125 Å². The first-order valence-electron chi connectivity index (χ1n) is 6.85. The Balaban J connectivity index is 2.14. The summed E-state index contributed by atoms with van der Waals surface area (Å²) in [6.45, 7) is 3.82. The van der Waals surface area contributed by atoms with E-state index in [1.165, 1.54) is 6.07 Å². The van der Waals surface area contributed by atoms with Gasteiger partial charge in [-0.1, -0.05) is 29.8 Å². The molecule has 0 aliphatic heterocycles. The second-order valence-electron chi connectivity index (χ2n) is 5.92. The lowest BCUT2D eigenvalue weighted by molar-refractivity contribution is 0.0821. The summed E-state index contributed by atoms with van der Waals surface area (Å²) in [5.41, 5.74) is 0.959. The molecule has 1 aromatic heterocycles. The highest BCUT2D eigenvalue weighted by Gasteiger charge is 2.38. The van der Waals surface area contributed by atoms with Crippen molar-refractivity contribution in [2.75, 3.05) is 0 Å². The van der Waals surface area contributed by atoms with Crippen LogP contribution in [0.1, 0.15) is 31.5 Å². The van der Waals surface area contributed by atoms with Crippen LogP contribution in [0.2, 0.25) is 0 Å². The number of aryl methyl sites for hydroxylation is 1. The first-order chi connectivity index (χ1) is 9.39. The third-order valence-electron chi connectivity index (χ3n) is 4.30. The zero-order chi connectivity index (χ0) is 14.5. The normalized spacial score (nSPS) is 22.3. The third-order valence-corrected chi connectivity index (χ3v) is 4.76. The average molecular weight is 340 g/mol. The molecule has 0 N–H and O–H groups in total. The monoisotopic (exact) mass is 339 g/mol. The van der Waals surface area contributed by atoms with E-state index in [0.29, 0.717) is 29.3 Å². The van der Waals surface area contributed by atoms with Crippen LogP contribution in [0, 0.1) is 11.7 Å². The highest BCUT2D eigenvalue weighted by atomic mass is 79.9. The number of fused-ring (bicyclic) bond motifs is 2. The topological polar surface area (TPSA) is 12.9 Å². The largest absolute Gasteiger partial charge is 0.249 e. The number of benzene rings is 1. The third kappa shape index (κ3) is 2.24. The van der Waals surface area contributed by atoms with Crippen LogP contribution in [-0.4, -0.2) is 10.7 Å². The molecule has 0 saturated carbocycles. The van der Waals surface area contributed by atoms with Crippen molar-refractivity contribution >= 4 is 26.8 Å². The maximum absolute atomic E-state index is 14.8. The Morgan fingerprint density at radius 3 is 2.75 bits per heavy atom. The summed E-state index contributed by atoms with van der Waals surface area (Å²) in [5, 5.41) is 0.726. The van der Waals surface area contributed by atoms with Crippen molar-refractivity contribution in [2.24, 2.45) is 5.92 Å². The first kappa shape index (κ1) is 13.9. The predicted octanol–water partition coefficient (Wildman–Crippen LogP) is 4.99. The molecular weight excluding hydrogens is 324 g/mol. The van der Waals surface area contributed by atoms with Crippen molar-refractivity contribution in [3.8, 4) is 0 Å². The molecule has 0 saturated heterocycles. The zero-order valence-corrected chi connectivity index (χ0v) is 13.1. The van der Waals surface area contributed by atoms with Gasteiger partial charge in [0.25, 0.3) is 0 Å². The first-order valence-corrected chi connectivity index (χ1v) is 7.65. The number of hydrogen-bond acceptors (Lipinski definition) is 1. The van der Waals surface area contributed by atoms with Crippen molar-refractivity contribution < 1.29 is 8.78 Å². The van der Waals surface area contributed by atoms with Gasteiger partial charge in [-0.05, 0) is 42.5 Å². The van der Waals surface area contributed by atoms with Crippen LogP contribution in [0.5, 0.6) is 0 Å². The highest BCUT2D eigenvalue weighted by molar-refractivity contribution is 9.10. The number of hydrogen-bond donors (Lipinski definition) is 0. The quantitative estimate of drug-likeness (QED) is 0.713. The second kappa shape index (κ2) is 4.76. The van der Waals surface area contributed by atoms with E-state index >= 15 is 0 Å². The number of rotatable bonds is 1. The summed E-state index contributed by atoms with van der Waals surface area (Å²) in [6.07, 6.45) is 1.42. The Morgan fingerprint density at radius 2 is 2.05 bits per heavy atom. The molecule has 0 amide bonds. The molecule has 0 spiro atoms. The van der Waals surface area contributed by atoms with E-state index in [-0.39, 0.29) is 11.7 Å². The molecule has 1 heterocycles. The Kier molecular flexibility index (Phi) is 3.32. The van der Waals surface area contributed by atoms with E-state index in [0.717, 1.165) is 16.6 Å². The van der Waals surface area contributed by atoms with Gasteiger partial charge < -0.3 is 0 Å². The molecule has 0 bridgehead atoms. The molecule has 2 aromatic rings. The number of pyridine rings is 1. The molecule has 1 atom stereocenters. The van der Waals surface area contributed by atoms with E-state index in [4.69, 9.17) is 0 Å². The molecular formula is C16H16BrF2N. The van der Waals surface area contributed by atoms with Crippen molar-refractivity contribution in [1.82, 2.24) is 4.98 Å². The number of halogens is 3. The molecule has 0 fully saturated rings. The summed E-state index contributed by atoms with van der Waals surface area (Å²) in [4.78, 5) is 4.42. The maximum atomic E-state index is 14.8. The standard InChI is InChI=1S/C16H16BrF2N/c1-9(2)16(19)4-3-14-11(8-16)5-10-6-12(17)7-13(18)15(10)20-14/h5-7,9H,3-4,8H2,1-2H3. The smallest absolute Gasteiger partial charge is 0.150 e. The van der Waals surface area contributed by atoms with Crippen LogP contribution in [0.25, 0.3) is 10.9 Å². The summed E-state index contributed by atoms with van der Waals surface area (Å²) in [5.74, 6) is -0.358. The van der Waals surface area contributed by atoms with Gasteiger partial charge >= 0.3 is 0 Å². The van der Waals surface area contributed by atoms with Gasteiger partial charge in [-0.2, -0.15) is 0 Å². The van der Waals surface area contributed by atoms with Gasteiger partial charge in [-0.25, -0.2) is 13.8 Å². The summed E-state index contributed by atoms with van der Waals surface area (Å²) in [6, 6.07) is 5.13.